The Hall–Kier alpha value is 0.0249. The van der Waals surface area contributed by atoms with Crippen LogP contribution in [0.5, 0.6) is 0 Å². The average Bonchev–Trinajstić information content (AvgIpc) is 2.70. The van der Waals surface area contributed by atoms with Gasteiger partial charge in [0.25, 0.3) is 0 Å². The average molecular weight is 213 g/mol. The number of hydrogen-bond acceptors (Lipinski definition) is 1. The van der Waals surface area contributed by atoms with E-state index in [0.717, 1.165) is 17.7 Å². The van der Waals surface area contributed by atoms with Gasteiger partial charge in [-0.25, -0.2) is 0 Å². The first-order valence-corrected chi connectivity index (χ1v) is 7.60. The van der Waals surface area contributed by atoms with Crippen LogP contribution in [0.25, 0.3) is 0 Å². The van der Waals surface area contributed by atoms with Crippen LogP contribution >= 0.6 is 0 Å². The molecule has 2 bridgehead atoms. The maximum Gasteiger partial charge on any atom is 0.129 e. The lowest BCUT2D eigenvalue weighted by atomic mass is 9.18. The van der Waals surface area contributed by atoms with Gasteiger partial charge in [-0.2, -0.15) is 0 Å². The first-order valence-electron chi connectivity index (χ1n) is 7.60. The van der Waals surface area contributed by atoms with Gasteiger partial charge >= 0.3 is 0 Å². The maximum absolute atomic E-state index is 6.42. The number of rotatable bonds is 0. The smallest absolute Gasteiger partial charge is 0.129 e. The molecule has 11 atom stereocenters. The lowest BCUT2D eigenvalue weighted by Crippen LogP contribution is -2.65. The highest BCUT2D eigenvalue weighted by molar-refractivity contribution is 6.45. The third-order valence-electron chi connectivity index (χ3n) is 8.01. The van der Waals surface area contributed by atoms with Crippen molar-refractivity contribution < 1.29 is 0 Å². The van der Waals surface area contributed by atoms with Gasteiger partial charge < -0.3 is 5.73 Å². The van der Waals surface area contributed by atoms with E-state index < -0.39 is 0 Å². The monoisotopic (exact) mass is 213 g/mol. The summed E-state index contributed by atoms with van der Waals surface area (Å²) in [5.74, 6) is 11.6. The number of hydrogen-bond donors (Lipinski definition) is 1. The van der Waals surface area contributed by atoms with Crippen molar-refractivity contribution in [1.82, 2.24) is 0 Å². The zero-order valence-corrected chi connectivity index (χ0v) is 9.76. The van der Waals surface area contributed by atoms with Gasteiger partial charge in [0.2, 0.25) is 0 Å². The molecule has 1 nitrogen and oxygen atoms in total. The molecule has 2 N–H and O–H groups in total. The van der Waals surface area contributed by atoms with Gasteiger partial charge in [0.1, 0.15) is 7.28 Å². The van der Waals surface area contributed by atoms with E-state index in [2.05, 4.69) is 0 Å². The Kier molecular flexibility index (Phi) is 1.10. The molecule has 0 amide bonds. The molecule has 0 spiro atoms. The van der Waals surface area contributed by atoms with Crippen molar-refractivity contribution in [3.05, 3.63) is 0 Å². The van der Waals surface area contributed by atoms with E-state index in [9.17, 15) is 0 Å². The standard InChI is InChI=1S/C14H20BN/c16-7-3-4-1-5(7)13-12-10-8-6(2-4)9(8)11(10)14(12)15-13/h4-15H,1-3,16H2. The minimum Gasteiger partial charge on any atom is -0.327 e. The van der Waals surface area contributed by atoms with E-state index in [1.54, 1.807) is 13.7 Å². The largest absolute Gasteiger partial charge is 0.327 e. The van der Waals surface area contributed by atoms with E-state index >= 15 is 0 Å². The van der Waals surface area contributed by atoms with E-state index in [1.807, 2.05) is 0 Å². The van der Waals surface area contributed by atoms with Gasteiger partial charge in [0, 0.05) is 6.04 Å². The summed E-state index contributed by atoms with van der Waals surface area (Å²) in [6.07, 6.45) is 4.48. The van der Waals surface area contributed by atoms with Crippen LogP contribution in [0.3, 0.4) is 0 Å². The Morgan fingerprint density at radius 1 is 0.750 bits per heavy atom. The van der Waals surface area contributed by atoms with Crippen molar-refractivity contribution >= 4 is 7.28 Å². The molecule has 11 unspecified atom stereocenters. The molecule has 0 aromatic carbocycles. The van der Waals surface area contributed by atoms with Crippen LogP contribution in [-0.2, 0) is 0 Å². The lowest BCUT2D eigenvalue weighted by Gasteiger charge is -2.70. The van der Waals surface area contributed by atoms with Crippen molar-refractivity contribution in [3.8, 4) is 0 Å². The van der Waals surface area contributed by atoms with Gasteiger partial charge in [-0.05, 0) is 66.6 Å². The molecular formula is C14H20BN. The summed E-state index contributed by atoms with van der Waals surface area (Å²) in [4.78, 5) is 0. The summed E-state index contributed by atoms with van der Waals surface area (Å²) in [7, 11) is 1.59. The first kappa shape index (κ1) is 8.18. The third kappa shape index (κ3) is 0.618. The van der Waals surface area contributed by atoms with E-state index in [-0.39, 0.29) is 0 Å². The van der Waals surface area contributed by atoms with Gasteiger partial charge in [0.15, 0.2) is 0 Å². The third-order valence-corrected chi connectivity index (χ3v) is 8.01. The van der Waals surface area contributed by atoms with Crippen molar-refractivity contribution in [1.29, 1.82) is 0 Å². The summed E-state index contributed by atoms with van der Waals surface area (Å²) >= 11 is 0. The summed E-state index contributed by atoms with van der Waals surface area (Å²) in [5.41, 5.74) is 6.42. The second-order valence-corrected chi connectivity index (χ2v) is 8.01. The summed E-state index contributed by atoms with van der Waals surface area (Å²) in [5, 5.41) is 0. The van der Waals surface area contributed by atoms with Crippen LogP contribution in [0.4, 0.5) is 0 Å². The van der Waals surface area contributed by atoms with Crippen molar-refractivity contribution in [2.24, 2.45) is 53.1 Å². The molecule has 84 valence electrons. The predicted octanol–water partition coefficient (Wildman–Crippen LogP) is 1.51. The van der Waals surface area contributed by atoms with Gasteiger partial charge in [0.05, 0.1) is 0 Å². The first-order chi connectivity index (χ1) is 7.84. The fourth-order valence-corrected chi connectivity index (χ4v) is 7.61. The zero-order chi connectivity index (χ0) is 10.2. The maximum atomic E-state index is 6.42. The topological polar surface area (TPSA) is 26.0 Å². The van der Waals surface area contributed by atoms with Crippen LogP contribution in [0.1, 0.15) is 19.3 Å². The van der Waals surface area contributed by atoms with Crippen molar-refractivity contribution in [2.45, 2.75) is 36.9 Å². The second kappa shape index (κ2) is 2.16. The van der Waals surface area contributed by atoms with Gasteiger partial charge in [-0.1, -0.05) is 11.6 Å². The van der Waals surface area contributed by atoms with Crippen molar-refractivity contribution in [2.75, 3.05) is 0 Å². The van der Waals surface area contributed by atoms with Crippen LogP contribution in [0.2, 0.25) is 11.6 Å². The highest BCUT2D eigenvalue weighted by atomic mass is 14.8. The molecule has 1 saturated heterocycles. The highest BCUT2D eigenvalue weighted by Gasteiger charge is 2.82. The van der Waals surface area contributed by atoms with Crippen LogP contribution < -0.4 is 5.73 Å². The normalized spacial score (nSPS) is 79.9. The molecule has 2 heteroatoms. The fraction of sp³-hybridized carbons (Fsp3) is 1.00. The Balaban J connectivity index is 1.46. The molecule has 6 aliphatic rings. The Labute approximate surface area is 97.8 Å². The number of fused-ring (bicyclic) bond motifs is 6. The van der Waals surface area contributed by atoms with Crippen LogP contribution in [0, 0.1) is 47.3 Å². The second-order valence-electron chi connectivity index (χ2n) is 8.01. The molecule has 16 heavy (non-hydrogen) atoms. The minimum atomic E-state index is 0.586. The molecule has 1 heterocycles. The predicted molar refractivity (Wildman–Crippen MR) is 64.4 cm³/mol. The quantitative estimate of drug-likeness (QED) is 0.606. The molecule has 0 aromatic heterocycles. The molecule has 5 aliphatic carbocycles. The van der Waals surface area contributed by atoms with E-state index in [4.69, 9.17) is 5.73 Å². The molecular weight excluding hydrogens is 193 g/mol. The molecule has 1 aliphatic heterocycles. The van der Waals surface area contributed by atoms with Crippen molar-refractivity contribution in [3.63, 3.8) is 0 Å². The molecule has 6 fully saturated rings. The Morgan fingerprint density at radius 2 is 1.56 bits per heavy atom. The Morgan fingerprint density at radius 3 is 2.50 bits per heavy atom. The van der Waals surface area contributed by atoms with E-state index in [0.29, 0.717) is 6.04 Å². The molecule has 0 aromatic rings. The number of nitrogens with two attached hydrogens (primary N) is 1. The summed E-state index contributed by atoms with van der Waals surface area (Å²) in [6, 6.07) is 0.586. The van der Waals surface area contributed by atoms with Crippen LogP contribution in [0.15, 0.2) is 0 Å². The van der Waals surface area contributed by atoms with Gasteiger partial charge in [-0.3, -0.25) is 0 Å². The molecule has 6 rings (SSSR count). The SMILES string of the molecule is NC1CC2CC1C1BC3C1C1C3C3C(C2)C31. The minimum absolute atomic E-state index is 0.586. The molecule has 0 radical (unpaired) electrons. The van der Waals surface area contributed by atoms with Gasteiger partial charge in [-0.15, -0.1) is 0 Å². The summed E-state index contributed by atoms with van der Waals surface area (Å²) < 4.78 is 0. The fourth-order valence-electron chi connectivity index (χ4n) is 7.61. The molecule has 5 saturated carbocycles. The highest BCUT2D eigenvalue weighted by Crippen LogP contribution is 2.88. The zero-order valence-electron chi connectivity index (χ0n) is 9.76. The van der Waals surface area contributed by atoms with E-state index in [1.165, 1.54) is 54.2 Å². The Bertz CT molecular complexity index is 394. The van der Waals surface area contributed by atoms with Crippen LogP contribution in [-0.4, -0.2) is 13.3 Å². The lowest BCUT2D eigenvalue weighted by molar-refractivity contribution is -0.0758. The summed E-state index contributed by atoms with van der Waals surface area (Å²) in [6.45, 7) is 0.